The molecule has 0 aliphatic carbocycles. The van der Waals surface area contributed by atoms with Gasteiger partial charge in [0.25, 0.3) is 12.0 Å². The van der Waals surface area contributed by atoms with E-state index in [1.54, 1.807) is 0 Å². The number of alkyl halides is 2. The molecule has 0 fully saturated rings. The molecule has 0 amide bonds. The van der Waals surface area contributed by atoms with Crippen molar-refractivity contribution in [2.75, 3.05) is 0 Å². The molecule has 2 N–H and O–H groups in total. The molecule has 1 heterocycles. The van der Waals surface area contributed by atoms with Gasteiger partial charge in [-0.3, -0.25) is 4.79 Å². The Hall–Kier alpha value is -1.30. The summed E-state index contributed by atoms with van der Waals surface area (Å²) in [7, 11) is 0. The highest BCUT2D eigenvalue weighted by Gasteiger charge is 2.09. The van der Waals surface area contributed by atoms with Crippen molar-refractivity contribution in [3.05, 3.63) is 34.2 Å². The first-order valence-electron chi connectivity index (χ1n) is 3.79. The number of halogens is 2. The summed E-state index contributed by atoms with van der Waals surface area (Å²) in [6, 6.07) is 2.87. The second-order valence-electron chi connectivity index (χ2n) is 2.63. The Morgan fingerprint density at radius 1 is 1.64 bits per heavy atom. The van der Waals surface area contributed by atoms with Gasteiger partial charge in [-0.2, -0.15) is 0 Å². The van der Waals surface area contributed by atoms with Crippen molar-refractivity contribution in [1.29, 1.82) is 0 Å². The smallest absolute Gasteiger partial charge is 0.260 e. The number of hydrogen-bond donors (Lipinski definition) is 1. The first kappa shape index (κ1) is 10.8. The average Bonchev–Trinajstić information content (AvgIpc) is 2.07. The quantitative estimate of drug-likeness (QED) is 0.761. The van der Waals surface area contributed by atoms with Crippen molar-refractivity contribution in [1.82, 2.24) is 4.57 Å². The van der Waals surface area contributed by atoms with Crippen molar-refractivity contribution in [3.63, 3.8) is 0 Å². The molecule has 3 nitrogen and oxygen atoms in total. The monoisotopic (exact) mass is 218 g/mol. The van der Waals surface area contributed by atoms with Gasteiger partial charge >= 0.3 is 0 Å². The van der Waals surface area contributed by atoms with E-state index in [0.717, 1.165) is 4.57 Å². The van der Waals surface area contributed by atoms with Crippen molar-refractivity contribution in [2.45, 2.75) is 13.0 Å². The summed E-state index contributed by atoms with van der Waals surface area (Å²) in [5.41, 5.74) is 4.75. The zero-order chi connectivity index (χ0) is 10.7. The number of hydrogen-bond acceptors (Lipinski definition) is 2. The molecule has 0 bridgehead atoms. The van der Waals surface area contributed by atoms with Crippen LogP contribution in [0.25, 0.3) is 0 Å². The fourth-order valence-electron chi connectivity index (χ4n) is 1.02. The van der Waals surface area contributed by atoms with E-state index in [4.69, 9.17) is 5.73 Å². The van der Waals surface area contributed by atoms with Crippen molar-refractivity contribution in [3.8, 4) is 0 Å². The summed E-state index contributed by atoms with van der Waals surface area (Å²) in [5.74, 6) is 0. The molecule has 0 unspecified atom stereocenters. The maximum atomic E-state index is 12.0. The highest BCUT2D eigenvalue weighted by Crippen LogP contribution is 1.97. The summed E-state index contributed by atoms with van der Waals surface area (Å²) >= 11 is 4.60. The van der Waals surface area contributed by atoms with Gasteiger partial charge in [0, 0.05) is 6.20 Å². The van der Waals surface area contributed by atoms with Crippen LogP contribution in [-0.4, -0.2) is 16.0 Å². The van der Waals surface area contributed by atoms with Gasteiger partial charge in [-0.05, 0) is 12.1 Å². The number of pyridine rings is 1. The van der Waals surface area contributed by atoms with Crippen LogP contribution in [0.4, 0.5) is 8.78 Å². The second-order valence-corrected chi connectivity index (χ2v) is 3.07. The zero-order valence-electron chi connectivity index (χ0n) is 7.11. The van der Waals surface area contributed by atoms with Crippen LogP contribution >= 0.6 is 12.2 Å². The molecule has 0 aromatic carbocycles. The molecule has 0 saturated heterocycles. The standard InChI is InChI=1S/C8H8F2N2OS/c9-6(10)4-12-3-1-2-5(7(11)14)8(12)13/h1-3,6H,4H2,(H2,11,14). The maximum absolute atomic E-state index is 12.0. The predicted molar refractivity (Wildman–Crippen MR) is 52.6 cm³/mol. The highest BCUT2D eigenvalue weighted by atomic mass is 32.1. The Morgan fingerprint density at radius 2 is 2.29 bits per heavy atom. The molecule has 0 atom stereocenters. The van der Waals surface area contributed by atoms with E-state index in [1.807, 2.05) is 0 Å². The molecule has 0 spiro atoms. The van der Waals surface area contributed by atoms with Gasteiger partial charge in [-0.1, -0.05) is 12.2 Å². The predicted octanol–water partition coefficient (Wildman–Crippen LogP) is 0.748. The molecule has 0 aliphatic rings. The minimum Gasteiger partial charge on any atom is -0.389 e. The summed E-state index contributed by atoms with van der Waals surface area (Å²) in [4.78, 5) is 11.3. The van der Waals surface area contributed by atoms with E-state index in [0.29, 0.717) is 0 Å². The first-order chi connectivity index (χ1) is 6.52. The third-order valence-electron chi connectivity index (χ3n) is 1.62. The van der Waals surface area contributed by atoms with E-state index in [-0.39, 0.29) is 10.6 Å². The van der Waals surface area contributed by atoms with Gasteiger partial charge < -0.3 is 10.3 Å². The van der Waals surface area contributed by atoms with E-state index in [1.165, 1.54) is 18.3 Å². The van der Waals surface area contributed by atoms with E-state index < -0.39 is 18.5 Å². The van der Waals surface area contributed by atoms with Crippen molar-refractivity contribution >= 4 is 17.2 Å². The van der Waals surface area contributed by atoms with Gasteiger partial charge in [-0.15, -0.1) is 0 Å². The van der Waals surface area contributed by atoms with Gasteiger partial charge in [-0.25, -0.2) is 8.78 Å². The molecular formula is C8H8F2N2OS. The summed E-state index contributed by atoms with van der Waals surface area (Å²) < 4.78 is 24.9. The minimum atomic E-state index is -2.57. The van der Waals surface area contributed by atoms with Crippen molar-refractivity contribution in [2.24, 2.45) is 5.73 Å². The van der Waals surface area contributed by atoms with Gasteiger partial charge in [0.1, 0.15) is 4.99 Å². The first-order valence-corrected chi connectivity index (χ1v) is 4.20. The third-order valence-corrected chi connectivity index (χ3v) is 1.84. The molecule has 6 heteroatoms. The summed E-state index contributed by atoms with van der Waals surface area (Å²) in [6.45, 7) is -0.644. The lowest BCUT2D eigenvalue weighted by molar-refractivity contribution is 0.125. The van der Waals surface area contributed by atoms with Crippen LogP contribution in [0.3, 0.4) is 0 Å². The van der Waals surface area contributed by atoms with Crippen LogP contribution in [-0.2, 0) is 6.54 Å². The number of nitrogens with two attached hydrogens (primary N) is 1. The highest BCUT2D eigenvalue weighted by molar-refractivity contribution is 7.80. The topological polar surface area (TPSA) is 48.0 Å². The van der Waals surface area contributed by atoms with Crippen LogP contribution in [0.2, 0.25) is 0 Å². The molecule has 0 radical (unpaired) electrons. The summed E-state index contributed by atoms with van der Waals surface area (Å²) in [5, 5.41) is 0. The fourth-order valence-corrected chi connectivity index (χ4v) is 1.17. The Bertz CT molecular complexity index is 403. The van der Waals surface area contributed by atoms with Gasteiger partial charge in [0.15, 0.2) is 0 Å². The molecule has 1 aromatic heterocycles. The van der Waals surface area contributed by atoms with E-state index in [2.05, 4.69) is 12.2 Å². The Balaban J connectivity index is 3.15. The van der Waals surface area contributed by atoms with E-state index >= 15 is 0 Å². The molecule has 76 valence electrons. The third kappa shape index (κ3) is 2.35. The van der Waals surface area contributed by atoms with E-state index in [9.17, 15) is 13.6 Å². The molecular weight excluding hydrogens is 210 g/mol. The molecule has 0 aliphatic heterocycles. The van der Waals surface area contributed by atoms with Crippen LogP contribution in [0.1, 0.15) is 5.56 Å². The Morgan fingerprint density at radius 3 is 2.79 bits per heavy atom. The van der Waals surface area contributed by atoms with Crippen LogP contribution < -0.4 is 11.3 Å². The number of nitrogens with zero attached hydrogens (tertiary/aromatic N) is 1. The normalized spacial score (nSPS) is 10.5. The minimum absolute atomic E-state index is 0.0846. The number of thiocarbonyl (C=S) groups is 1. The number of rotatable bonds is 3. The SMILES string of the molecule is NC(=S)c1cccn(CC(F)F)c1=O. The van der Waals surface area contributed by atoms with Gasteiger partial charge in [0.2, 0.25) is 0 Å². The van der Waals surface area contributed by atoms with Crippen LogP contribution in [0.15, 0.2) is 23.1 Å². The lowest BCUT2D eigenvalue weighted by atomic mass is 10.3. The average molecular weight is 218 g/mol. The zero-order valence-corrected chi connectivity index (χ0v) is 7.93. The molecule has 1 rings (SSSR count). The number of aromatic nitrogens is 1. The molecule has 1 aromatic rings. The molecule has 14 heavy (non-hydrogen) atoms. The summed E-state index contributed by atoms with van der Waals surface area (Å²) in [6.07, 6.45) is -1.30. The van der Waals surface area contributed by atoms with Gasteiger partial charge in [0.05, 0.1) is 12.1 Å². The Kier molecular flexibility index (Phi) is 3.29. The second kappa shape index (κ2) is 4.28. The largest absolute Gasteiger partial charge is 0.389 e. The molecule has 0 saturated carbocycles. The van der Waals surface area contributed by atoms with Crippen LogP contribution in [0, 0.1) is 0 Å². The maximum Gasteiger partial charge on any atom is 0.260 e. The fraction of sp³-hybridized carbons (Fsp3) is 0.250. The lowest BCUT2D eigenvalue weighted by Crippen LogP contribution is -2.30. The lowest BCUT2D eigenvalue weighted by Gasteiger charge is -2.05. The van der Waals surface area contributed by atoms with Crippen LogP contribution in [0.5, 0.6) is 0 Å². The van der Waals surface area contributed by atoms with Crippen molar-refractivity contribution < 1.29 is 8.78 Å². The Labute approximate surface area is 84.1 Å².